The lowest BCUT2D eigenvalue weighted by Crippen LogP contribution is -2.31. The molecule has 2 aromatic rings. The molecule has 0 radical (unpaired) electrons. The molecule has 1 fully saturated rings. The van der Waals surface area contributed by atoms with Crippen LogP contribution in [0.3, 0.4) is 0 Å². The molecule has 0 aliphatic heterocycles. The largest absolute Gasteiger partial charge is 0.392 e. The van der Waals surface area contributed by atoms with Gasteiger partial charge in [-0.3, -0.25) is 4.90 Å². The molecule has 0 N–H and O–H groups in total. The van der Waals surface area contributed by atoms with Crippen molar-refractivity contribution in [2.75, 3.05) is 13.1 Å². The molecule has 4 heteroatoms. The molecule has 2 atom stereocenters. The van der Waals surface area contributed by atoms with E-state index in [1.54, 1.807) is 0 Å². The second-order valence-electron chi connectivity index (χ2n) is 8.65. The highest BCUT2D eigenvalue weighted by Crippen LogP contribution is 2.46. The van der Waals surface area contributed by atoms with Crippen LogP contribution in [0.5, 0.6) is 0 Å². The first-order valence-corrected chi connectivity index (χ1v) is 11.4. The van der Waals surface area contributed by atoms with Crippen molar-refractivity contribution < 1.29 is 13.2 Å². The summed E-state index contributed by atoms with van der Waals surface area (Å²) in [5.41, 5.74) is 3.41. The SMILES string of the molecule is CCCN(CCCc1ccc(C2CCCCC2C(F)(F)F)cc1)Cc1ccccc1. The van der Waals surface area contributed by atoms with Crippen LogP contribution in [0.1, 0.15) is 68.1 Å². The fourth-order valence-corrected chi connectivity index (χ4v) is 4.79. The lowest BCUT2D eigenvalue weighted by molar-refractivity contribution is -0.187. The van der Waals surface area contributed by atoms with E-state index in [1.807, 2.05) is 30.3 Å². The molecule has 0 heterocycles. The Morgan fingerprint density at radius 1 is 0.867 bits per heavy atom. The van der Waals surface area contributed by atoms with E-state index < -0.39 is 12.1 Å². The molecule has 164 valence electrons. The minimum atomic E-state index is -4.09. The second-order valence-corrected chi connectivity index (χ2v) is 8.65. The minimum absolute atomic E-state index is 0.268. The predicted octanol–water partition coefficient (Wildman–Crippen LogP) is 7.37. The fourth-order valence-electron chi connectivity index (χ4n) is 4.79. The van der Waals surface area contributed by atoms with Crippen LogP contribution < -0.4 is 0 Å². The summed E-state index contributed by atoms with van der Waals surface area (Å²) in [4.78, 5) is 2.49. The van der Waals surface area contributed by atoms with Gasteiger partial charge >= 0.3 is 6.18 Å². The van der Waals surface area contributed by atoms with Crippen molar-refractivity contribution in [3.05, 3.63) is 71.3 Å². The summed E-state index contributed by atoms with van der Waals surface area (Å²) in [5.74, 6) is -1.56. The van der Waals surface area contributed by atoms with Gasteiger partial charge in [-0.15, -0.1) is 0 Å². The van der Waals surface area contributed by atoms with Crippen LogP contribution in [0.2, 0.25) is 0 Å². The zero-order chi connectivity index (χ0) is 21.4. The Labute approximate surface area is 179 Å². The Hall–Kier alpha value is -1.81. The van der Waals surface area contributed by atoms with Crippen LogP contribution in [0, 0.1) is 5.92 Å². The third-order valence-corrected chi connectivity index (χ3v) is 6.32. The van der Waals surface area contributed by atoms with Gasteiger partial charge in [0.1, 0.15) is 0 Å². The zero-order valence-corrected chi connectivity index (χ0v) is 18.0. The number of benzene rings is 2. The van der Waals surface area contributed by atoms with Gasteiger partial charge in [0.2, 0.25) is 0 Å². The van der Waals surface area contributed by atoms with Gasteiger partial charge in [0.15, 0.2) is 0 Å². The normalized spacial score (nSPS) is 19.9. The van der Waals surface area contributed by atoms with Crippen LogP contribution in [0.25, 0.3) is 0 Å². The third-order valence-electron chi connectivity index (χ3n) is 6.32. The number of hydrogen-bond donors (Lipinski definition) is 0. The number of hydrogen-bond acceptors (Lipinski definition) is 1. The summed E-state index contributed by atoms with van der Waals surface area (Å²) in [7, 11) is 0. The van der Waals surface area contributed by atoms with Crippen LogP contribution in [-0.2, 0) is 13.0 Å². The molecule has 1 aliphatic rings. The second kappa shape index (κ2) is 11.0. The first-order valence-electron chi connectivity index (χ1n) is 11.4. The first kappa shape index (κ1) is 22.9. The summed E-state index contributed by atoms with van der Waals surface area (Å²) in [6.45, 7) is 5.28. The maximum Gasteiger partial charge on any atom is 0.392 e. The van der Waals surface area contributed by atoms with Crippen LogP contribution in [-0.4, -0.2) is 24.2 Å². The lowest BCUT2D eigenvalue weighted by Gasteiger charge is -2.33. The van der Waals surface area contributed by atoms with Crippen molar-refractivity contribution >= 4 is 0 Å². The van der Waals surface area contributed by atoms with Crippen molar-refractivity contribution in [3.63, 3.8) is 0 Å². The molecule has 0 bridgehead atoms. The summed E-state index contributed by atoms with van der Waals surface area (Å²) >= 11 is 0. The van der Waals surface area contributed by atoms with Gasteiger partial charge < -0.3 is 0 Å². The molecule has 3 rings (SSSR count). The van der Waals surface area contributed by atoms with Gasteiger partial charge in [0.25, 0.3) is 0 Å². The van der Waals surface area contributed by atoms with Gasteiger partial charge in [-0.05, 0) is 67.8 Å². The van der Waals surface area contributed by atoms with E-state index in [-0.39, 0.29) is 12.3 Å². The van der Waals surface area contributed by atoms with E-state index in [9.17, 15) is 13.2 Å². The number of aryl methyl sites for hydroxylation is 1. The van der Waals surface area contributed by atoms with Gasteiger partial charge in [-0.2, -0.15) is 13.2 Å². The van der Waals surface area contributed by atoms with Crippen molar-refractivity contribution in [2.24, 2.45) is 5.92 Å². The topological polar surface area (TPSA) is 3.24 Å². The Bertz CT molecular complexity index is 739. The minimum Gasteiger partial charge on any atom is -0.299 e. The molecule has 0 amide bonds. The molecular weight excluding hydrogens is 383 g/mol. The fraction of sp³-hybridized carbons (Fsp3) is 0.538. The lowest BCUT2D eigenvalue weighted by atomic mass is 9.75. The summed E-state index contributed by atoms with van der Waals surface area (Å²) < 4.78 is 40.2. The highest BCUT2D eigenvalue weighted by Gasteiger charge is 2.45. The van der Waals surface area contributed by atoms with Crippen LogP contribution >= 0.6 is 0 Å². The molecule has 1 nitrogen and oxygen atoms in total. The quantitative estimate of drug-likeness (QED) is 0.412. The monoisotopic (exact) mass is 417 g/mol. The molecule has 0 spiro atoms. The van der Waals surface area contributed by atoms with E-state index in [0.717, 1.165) is 50.9 Å². The van der Waals surface area contributed by atoms with E-state index in [1.165, 1.54) is 11.1 Å². The van der Waals surface area contributed by atoms with Crippen molar-refractivity contribution in [1.82, 2.24) is 4.90 Å². The molecular formula is C26H34F3N. The number of rotatable bonds is 9. The van der Waals surface area contributed by atoms with Gasteiger partial charge in [-0.1, -0.05) is 74.4 Å². The van der Waals surface area contributed by atoms with Gasteiger partial charge in [-0.25, -0.2) is 0 Å². The Morgan fingerprint density at radius 2 is 1.57 bits per heavy atom. The highest BCUT2D eigenvalue weighted by molar-refractivity contribution is 5.27. The third kappa shape index (κ3) is 6.60. The first-order chi connectivity index (χ1) is 14.5. The maximum absolute atomic E-state index is 13.4. The number of nitrogens with zero attached hydrogens (tertiary/aromatic N) is 1. The smallest absolute Gasteiger partial charge is 0.299 e. The number of alkyl halides is 3. The van der Waals surface area contributed by atoms with Crippen molar-refractivity contribution in [2.45, 2.75) is 70.5 Å². The van der Waals surface area contributed by atoms with E-state index >= 15 is 0 Å². The average molecular weight is 418 g/mol. The molecule has 0 saturated heterocycles. The molecule has 0 aromatic heterocycles. The molecule has 2 aromatic carbocycles. The van der Waals surface area contributed by atoms with E-state index in [4.69, 9.17) is 0 Å². The predicted molar refractivity (Wildman–Crippen MR) is 118 cm³/mol. The van der Waals surface area contributed by atoms with E-state index in [0.29, 0.717) is 12.8 Å². The molecule has 1 aliphatic carbocycles. The van der Waals surface area contributed by atoms with E-state index in [2.05, 4.69) is 36.1 Å². The summed E-state index contributed by atoms with van der Waals surface area (Å²) in [5, 5.41) is 0. The molecule has 2 unspecified atom stereocenters. The standard InChI is InChI=1S/C26H34F3N/c1-2-18-30(20-22-9-4-3-5-10-22)19-8-11-21-14-16-23(17-15-21)24-12-6-7-13-25(24)26(27,28)29/h3-5,9-10,14-17,24-25H,2,6-8,11-13,18-20H2,1H3. The van der Waals surface area contributed by atoms with Crippen LogP contribution in [0.4, 0.5) is 13.2 Å². The van der Waals surface area contributed by atoms with Crippen molar-refractivity contribution in [1.29, 1.82) is 0 Å². The maximum atomic E-state index is 13.4. The molecule has 30 heavy (non-hydrogen) atoms. The Kier molecular flexibility index (Phi) is 8.38. The molecule has 1 saturated carbocycles. The van der Waals surface area contributed by atoms with Crippen molar-refractivity contribution in [3.8, 4) is 0 Å². The Balaban J connectivity index is 1.53. The number of halogens is 3. The highest BCUT2D eigenvalue weighted by atomic mass is 19.4. The Morgan fingerprint density at radius 3 is 2.23 bits per heavy atom. The summed E-state index contributed by atoms with van der Waals surface area (Å²) in [6.07, 6.45) is 1.56. The zero-order valence-electron chi connectivity index (χ0n) is 18.0. The van der Waals surface area contributed by atoms with Gasteiger partial charge in [0.05, 0.1) is 5.92 Å². The summed E-state index contributed by atoms with van der Waals surface area (Å²) in [6, 6.07) is 18.5. The van der Waals surface area contributed by atoms with Crippen LogP contribution in [0.15, 0.2) is 54.6 Å². The average Bonchev–Trinajstić information content (AvgIpc) is 2.74. The van der Waals surface area contributed by atoms with Gasteiger partial charge in [0, 0.05) is 6.54 Å².